The Labute approximate surface area is 194 Å². The fourth-order valence-electron chi connectivity index (χ4n) is 2.86. The molecule has 10 heteroatoms. The first kappa shape index (κ1) is 24.1. The van der Waals surface area contributed by atoms with Gasteiger partial charge in [0.1, 0.15) is 18.2 Å². The minimum absolute atomic E-state index is 0.0589. The molecule has 3 rings (SSSR count). The van der Waals surface area contributed by atoms with Gasteiger partial charge < -0.3 is 18.9 Å². The molecule has 0 spiro atoms. The number of imide groups is 1. The second-order valence-electron chi connectivity index (χ2n) is 6.64. The monoisotopic (exact) mass is 475 g/mol. The summed E-state index contributed by atoms with van der Waals surface area (Å²) in [5, 5.41) is -0.407. The van der Waals surface area contributed by atoms with E-state index in [1.165, 1.54) is 31.4 Å². The van der Waals surface area contributed by atoms with Crippen LogP contribution in [0.15, 0.2) is 47.4 Å². The topological polar surface area (TPSA) is 91.4 Å². The number of benzene rings is 2. The van der Waals surface area contributed by atoms with E-state index in [4.69, 9.17) is 18.9 Å². The van der Waals surface area contributed by atoms with Gasteiger partial charge in [-0.05, 0) is 66.7 Å². The number of rotatable bonds is 10. The molecule has 0 saturated carbocycles. The molecule has 2 aromatic carbocycles. The zero-order valence-electron chi connectivity index (χ0n) is 18.0. The van der Waals surface area contributed by atoms with Crippen molar-refractivity contribution in [1.82, 2.24) is 4.90 Å². The number of halogens is 1. The van der Waals surface area contributed by atoms with E-state index in [2.05, 4.69) is 0 Å². The Balaban J connectivity index is 1.62. The number of methoxy groups -OCH3 is 1. The Kier molecular flexibility index (Phi) is 8.31. The van der Waals surface area contributed by atoms with E-state index < -0.39 is 17.1 Å². The quantitative estimate of drug-likeness (QED) is 0.378. The molecular formula is C23H22FNO7S. The van der Waals surface area contributed by atoms with Crippen LogP contribution in [0, 0.1) is 5.82 Å². The van der Waals surface area contributed by atoms with E-state index in [1.54, 1.807) is 31.2 Å². The smallest absolute Gasteiger partial charge is 0.344 e. The molecule has 8 nitrogen and oxygen atoms in total. The minimum Gasteiger partial charge on any atom is -0.493 e. The summed E-state index contributed by atoms with van der Waals surface area (Å²) in [5.74, 6) is -0.173. The van der Waals surface area contributed by atoms with Crippen molar-refractivity contribution in [1.29, 1.82) is 0 Å². The Morgan fingerprint density at radius 3 is 2.55 bits per heavy atom. The van der Waals surface area contributed by atoms with Crippen molar-refractivity contribution in [3.63, 3.8) is 0 Å². The van der Waals surface area contributed by atoms with E-state index >= 15 is 0 Å². The third-order valence-corrected chi connectivity index (χ3v) is 5.31. The molecule has 0 unspecified atom stereocenters. The predicted molar refractivity (Wildman–Crippen MR) is 120 cm³/mol. The van der Waals surface area contributed by atoms with Gasteiger partial charge in [0.15, 0.2) is 18.1 Å². The molecule has 33 heavy (non-hydrogen) atoms. The molecule has 0 aliphatic carbocycles. The molecule has 1 aliphatic rings. The number of ether oxygens (including phenoxy) is 4. The lowest BCUT2D eigenvalue weighted by Crippen LogP contribution is -2.32. The molecule has 1 fully saturated rings. The fraction of sp³-hybridized carbons (Fsp3) is 0.261. The van der Waals surface area contributed by atoms with Crippen LogP contribution in [0.1, 0.15) is 12.5 Å². The minimum atomic E-state index is -0.499. The highest BCUT2D eigenvalue weighted by Gasteiger charge is 2.34. The van der Waals surface area contributed by atoms with Crippen LogP contribution in [0.5, 0.6) is 17.2 Å². The molecule has 1 aliphatic heterocycles. The molecule has 0 radical (unpaired) electrons. The van der Waals surface area contributed by atoms with Gasteiger partial charge in [0, 0.05) is 0 Å². The van der Waals surface area contributed by atoms with E-state index in [0.29, 0.717) is 22.8 Å². The average Bonchev–Trinajstić information content (AvgIpc) is 3.06. The van der Waals surface area contributed by atoms with Crippen molar-refractivity contribution in [2.75, 3.05) is 33.5 Å². The molecule has 0 bridgehead atoms. The predicted octanol–water partition coefficient (Wildman–Crippen LogP) is 3.89. The number of carbonyl (C=O) groups is 3. The Morgan fingerprint density at radius 1 is 1.09 bits per heavy atom. The van der Waals surface area contributed by atoms with Gasteiger partial charge in [-0.25, -0.2) is 9.18 Å². The number of thioether (sulfide) groups is 1. The fourth-order valence-corrected chi connectivity index (χ4v) is 3.73. The van der Waals surface area contributed by atoms with Crippen molar-refractivity contribution in [2.45, 2.75) is 6.92 Å². The summed E-state index contributed by atoms with van der Waals surface area (Å²) in [4.78, 5) is 37.8. The molecule has 174 valence electrons. The third-order valence-electron chi connectivity index (χ3n) is 4.41. The highest BCUT2D eigenvalue weighted by Crippen LogP contribution is 2.34. The summed E-state index contributed by atoms with van der Waals surface area (Å²) in [7, 11) is 1.45. The van der Waals surface area contributed by atoms with Crippen LogP contribution in [-0.2, 0) is 14.3 Å². The summed E-state index contributed by atoms with van der Waals surface area (Å²) in [6.07, 6.45) is 1.57. The number of amides is 2. The number of nitrogens with zero attached hydrogens (tertiary/aromatic N) is 1. The van der Waals surface area contributed by atoms with Gasteiger partial charge in [-0.3, -0.25) is 14.5 Å². The molecule has 0 N–H and O–H groups in total. The standard InChI is InChI=1S/C23H22FNO7S/c1-3-30-21(26)14-32-18-9-4-15(12-19(18)29-2)13-20-22(27)25(23(28)33-20)10-11-31-17-7-5-16(24)6-8-17/h4-9,12-13H,3,10-11,14H2,1-2H3/b20-13-. The molecule has 1 saturated heterocycles. The lowest BCUT2D eigenvalue weighted by atomic mass is 10.2. The Hall–Kier alpha value is -3.53. The average molecular weight is 475 g/mol. The summed E-state index contributed by atoms with van der Waals surface area (Å²) in [6, 6.07) is 10.4. The SMILES string of the molecule is CCOC(=O)COc1ccc(/C=C2\SC(=O)N(CCOc3ccc(F)cc3)C2=O)cc1OC. The number of esters is 1. The first-order valence-corrected chi connectivity index (χ1v) is 10.8. The summed E-state index contributed by atoms with van der Waals surface area (Å²) in [5.41, 5.74) is 0.614. The summed E-state index contributed by atoms with van der Waals surface area (Å²) < 4.78 is 34.0. The first-order chi connectivity index (χ1) is 15.9. The molecule has 0 atom stereocenters. The van der Waals surface area contributed by atoms with Gasteiger partial charge in [0.2, 0.25) is 0 Å². The van der Waals surface area contributed by atoms with Gasteiger partial charge in [0.05, 0.1) is 25.2 Å². The van der Waals surface area contributed by atoms with Crippen LogP contribution in [0.25, 0.3) is 6.08 Å². The van der Waals surface area contributed by atoms with Crippen LogP contribution >= 0.6 is 11.8 Å². The van der Waals surface area contributed by atoms with Gasteiger partial charge >= 0.3 is 5.97 Å². The first-order valence-electron chi connectivity index (χ1n) is 10.0. The van der Waals surface area contributed by atoms with E-state index in [9.17, 15) is 18.8 Å². The normalized spacial score (nSPS) is 14.5. The van der Waals surface area contributed by atoms with Crippen molar-refractivity contribution in [3.05, 3.63) is 58.8 Å². The highest BCUT2D eigenvalue weighted by molar-refractivity contribution is 8.18. The van der Waals surface area contributed by atoms with Gasteiger partial charge in [-0.1, -0.05) is 6.07 Å². The molecular weight excluding hydrogens is 453 g/mol. The highest BCUT2D eigenvalue weighted by atomic mass is 32.2. The largest absolute Gasteiger partial charge is 0.493 e. The molecule has 1 heterocycles. The van der Waals surface area contributed by atoms with Crippen LogP contribution in [-0.4, -0.2) is 55.5 Å². The molecule has 2 amide bonds. The van der Waals surface area contributed by atoms with Crippen molar-refractivity contribution in [3.8, 4) is 17.2 Å². The van der Waals surface area contributed by atoms with Crippen LogP contribution in [0.4, 0.5) is 9.18 Å². The van der Waals surface area contributed by atoms with Crippen LogP contribution in [0.2, 0.25) is 0 Å². The molecule has 0 aromatic heterocycles. The second-order valence-corrected chi connectivity index (χ2v) is 7.63. The number of hydrogen-bond acceptors (Lipinski definition) is 8. The van der Waals surface area contributed by atoms with Gasteiger partial charge in [-0.15, -0.1) is 0 Å². The van der Waals surface area contributed by atoms with Gasteiger partial charge in [-0.2, -0.15) is 0 Å². The van der Waals surface area contributed by atoms with E-state index in [-0.39, 0.29) is 37.1 Å². The van der Waals surface area contributed by atoms with Crippen LogP contribution in [0.3, 0.4) is 0 Å². The van der Waals surface area contributed by atoms with E-state index in [0.717, 1.165) is 16.7 Å². The number of carbonyl (C=O) groups excluding carboxylic acids is 3. The Bertz CT molecular complexity index is 1060. The lowest BCUT2D eigenvalue weighted by molar-refractivity contribution is -0.145. The summed E-state index contributed by atoms with van der Waals surface area (Å²) >= 11 is 0.822. The second kappa shape index (κ2) is 11.4. The van der Waals surface area contributed by atoms with Crippen molar-refractivity contribution >= 4 is 35.0 Å². The van der Waals surface area contributed by atoms with Crippen LogP contribution < -0.4 is 14.2 Å². The maximum atomic E-state index is 13.0. The molecule has 2 aromatic rings. The third kappa shape index (κ3) is 6.48. The number of hydrogen-bond donors (Lipinski definition) is 0. The summed E-state index contributed by atoms with van der Waals surface area (Å²) in [6.45, 7) is 1.84. The lowest BCUT2D eigenvalue weighted by Gasteiger charge is -2.13. The van der Waals surface area contributed by atoms with E-state index in [1.807, 2.05) is 0 Å². The van der Waals surface area contributed by atoms with Crippen molar-refractivity contribution in [2.24, 2.45) is 0 Å². The Morgan fingerprint density at radius 2 is 1.85 bits per heavy atom. The zero-order chi connectivity index (χ0) is 23.8. The zero-order valence-corrected chi connectivity index (χ0v) is 18.9. The van der Waals surface area contributed by atoms with Crippen molar-refractivity contribution < 1.29 is 37.7 Å². The maximum absolute atomic E-state index is 13.0. The maximum Gasteiger partial charge on any atom is 0.344 e. The van der Waals surface area contributed by atoms with Gasteiger partial charge in [0.25, 0.3) is 11.1 Å².